The summed E-state index contributed by atoms with van der Waals surface area (Å²) in [4.78, 5) is 12.1. The lowest BCUT2D eigenvalue weighted by molar-refractivity contribution is 0.0948. The number of hydrogen-bond acceptors (Lipinski definition) is 4. The molecule has 6 nitrogen and oxygen atoms in total. The Morgan fingerprint density at radius 3 is 2.23 bits per heavy atom. The van der Waals surface area contributed by atoms with Crippen molar-refractivity contribution in [3.05, 3.63) is 29.8 Å². The van der Waals surface area contributed by atoms with Crippen LogP contribution >= 0.6 is 0 Å². The van der Waals surface area contributed by atoms with E-state index < -0.39 is 15.6 Å². The number of rotatable bonds is 6. The molecule has 0 saturated heterocycles. The molecule has 0 aliphatic heterocycles. The fourth-order valence-electron chi connectivity index (χ4n) is 1.70. The van der Waals surface area contributed by atoms with E-state index in [0.29, 0.717) is 18.7 Å². The summed E-state index contributed by atoms with van der Waals surface area (Å²) in [6.07, 6.45) is 0. The van der Waals surface area contributed by atoms with E-state index in [1.54, 1.807) is 20.8 Å². The number of nitrogens with one attached hydrogen (secondary N) is 2. The molecule has 0 radical (unpaired) electrons. The summed E-state index contributed by atoms with van der Waals surface area (Å²) in [6, 6.07) is 5.85. The van der Waals surface area contributed by atoms with Crippen LogP contribution in [-0.2, 0) is 10.0 Å². The summed E-state index contributed by atoms with van der Waals surface area (Å²) in [7, 11) is -3.59. The van der Waals surface area contributed by atoms with Crippen LogP contribution in [0.15, 0.2) is 29.2 Å². The zero-order valence-corrected chi connectivity index (χ0v) is 14.3. The normalized spacial score (nSPS) is 13.7. The molecular formula is C15H25N3O3S. The van der Waals surface area contributed by atoms with Crippen molar-refractivity contribution in [2.75, 3.05) is 13.1 Å². The molecule has 0 aromatic heterocycles. The van der Waals surface area contributed by atoms with Crippen LogP contribution in [0.3, 0.4) is 0 Å². The second kappa shape index (κ2) is 7.21. The lowest BCUT2D eigenvalue weighted by Gasteiger charge is -2.20. The van der Waals surface area contributed by atoms with E-state index in [1.807, 2.05) is 6.92 Å². The molecule has 1 amide bonds. The molecular weight excluding hydrogens is 302 g/mol. The first-order chi connectivity index (χ1) is 10.0. The highest BCUT2D eigenvalue weighted by Gasteiger charge is 2.22. The molecule has 22 heavy (non-hydrogen) atoms. The van der Waals surface area contributed by atoms with Crippen molar-refractivity contribution in [1.29, 1.82) is 0 Å². The zero-order valence-electron chi connectivity index (χ0n) is 13.5. The van der Waals surface area contributed by atoms with E-state index in [2.05, 4.69) is 10.0 Å². The molecule has 0 aliphatic carbocycles. The summed E-state index contributed by atoms with van der Waals surface area (Å²) in [6.45, 7) is 8.23. The van der Waals surface area contributed by atoms with Gasteiger partial charge in [-0.3, -0.25) is 4.79 Å². The maximum atomic E-state index is 12.2. The van der Waals surface area contributed by atoms with Gasteiger partial charge in [0.1, 0.15) is 0 Å². The third kappa shape index (κ3) is 5.75. The predicted octanol–water partition coefficient (Wildman–Crippen LogP) is 1.09. The fourth-order valence-corrected chi connectivity index (χ4v) is 3.12. The summed E-state index contributed by atoms with van der Waals surface area (Å²) in [5, 5.41) is 2.76. The van der Waals surface area contributed by atoms with Gasteiger partial charge >= 0.3 is 0 Å². The Morgan fingerprint density at radius 1 is 1.23 bits per heavy atom. The van der Waals surface area contributed by atoms with E-state index in [-0.39, 0.29) is 16.7 Å². The van der Waals surface area contributed by atoms with Gasteiger partial charge in [-0.25, -0.2) is 13.1 Å². The summed E-state index contributed by atoms with van der Waals surface area (Å²) < 4.78 is 26.9. The Morgan fingerprint density at radius 2 is 1.77 bits per heavy atom. The summed E-state index contributed by atoms with van der Waals surface area (Å²) >= 11 is 0. The molecule has 124 valence electrons. The van der Waals surface area contributed by atoms with Gasteiger partial charge in [0.25, 0.3) is 5.91 Å². The van der Waals surface area contributed by atoms with Gasteiger partial charge < -0.3 is 11.1 Å². The molecule has 1 aromatic carbocycles. The highest BCUT2D eigenvalue weighted by Crippen LogP contribution is 2.14. The molecule has 7 heteroatoms. The largest absolute Gasteiger partial charge is 0.352 e. The molecule has 1 rings (SSSR count). The first-order valence-electron chi connectivity index (χ1n) is 7.17. The van der Waals surface area contributed by atoms with Gasteiger partial charge in [0.05, 0.1) is 4.90 Å². The number of hydrogen-bond donors (Lipinski definition) is 3. The molecule has 0 heterocycles. The van der Waals surface area contributed by atoms with Crippen LogP contribution in [0.5, 0.6) is 0 Å². The van der Waals surface area contributed by atoms with Gasteiger partial charge in [0, 0.05) is 17.6 Å². The van der Waals surface area contributed by atoms with Crippen molar-refractivity contribution >= 4 is 15.9 Å². The van der Waals surface area contributed by atoms with E-state index >= 15 is 0 Å². The van der Waals surface area contributed by atoms with Gasteiger partial charge in [-0.2, -0.15) is 0 Å². The smallest absolute Gasteiger partial charge is 0.251 e. The Bertz CT molecular complexity index is 604. The number of amides is 1. The number of nitrogens with two attached hydrogens (primary N) is 1. The van der Waals surface area contributed by atoms with E-state index in [1.165, 1.54) is 24.3 Å². The quantitative estimate of drug-likeness (QED) is 0.728. The molecule has 0 aliphatic rings. The molecule has 0 bridgehead atoms. The number of carbonyl (C=O) groups is 1. The SMILES string of the molecule is CC(CN)CNC(=O)c1ccc(S(=O)(=O)NC(C)(C)C)cc1. The zero-order chi connectivity index (χ0) is 17.0. The number of sulfonamides is 1. The monoisotopic (exact) mass is 327 g/mol. The molecule has 0 spiro atoms. The van der Waals surface area contributed by atoms with Crippen LogP contribution in [0.1, 0.15) is 38.1 Å². The Labute approximate surface area is 132 Å². The average Bonchev–Trinajstić information content (AvgIpc) is 2.42. The van der Waals surface area contributed by atoms with Crippen molar-refractivity contribution in [1.82, 2.24) is 10.0 Å². The van der Waals surface area contributed by atoms with Gasteiger partial charge in [0.2, 0.25) is 10.0 Å². The molecule has 0 saturated carbocycles. The number of carbonyl (C=O) groups excluding carboxylic acids is 1. The Balaban J connectivity index is 2.80. The Hall–Kier alpha value is -1.44. The summed E-state index contributed by atoms with van der Waals surface area (Å²) in [5.41, 5.74) is 5.34. The Kier molecular flexibility index (Phi) is 6.10. The topological polar surface area (TPSA) is 101 Å². The van der Waals surface area contributed by atoms with Gasteiger partial charge in [0.15, 0.2) is 0 Å². The average molecular weight is 327 g/mol. The third-order valence-electron chi connectivity index (χ3n) is 2.88. The first kappa shape index (κ1) is 18.6. The maximum Gasteiger partial charge on any atom is 0.251 e. The third-order valence-corrected chi connectivity index (χ3v) is 4.65. The van der Waals surface area contributed by atoms with Crippen LogP contribution in [0.2, 0.25) is 0 Å². The highest BCUT2D eigenvalue weighted by molar-refractivity contribution is 7.89. The molecule has 1 aromatic rings. The second-order valence-corrected chi connectivity index (χ2v) is 8.11. The first-order valence-corrected chi connectivity index (χ1v) is 8.66. The molecule has 4 N–H and O–H groups in total. The van der Waals surface area contributed by atoms with Crippen molar-refractivity contribution in [2.24, 2.45) is 11.7 Å². The molecule has 1 unspecified atom stereocenters. The predicted molar refractivity (Wildman–Crippen MR) is 87.1 cm³/mol. The van der Waals surface area contributed by atoms with Crippen LogP contribution in [0, 0.1) is 5.92 Å². The van der Waals surface area contributed by atoms with Crippen LogP contribution < -0.4 is 15.8 Å². The van der Waals surface area contributed by atoms with Crippen LogP contribution in [0.4, 0.5) is 0 Å². The van der Waals surface area contributed by atoms with E-state index in [4.69, 9.17) is 5.73 Å². The van der Waals surface area contributed by atoms with Crippen molar-refractivity contribution < 1.29 is 13.2 Å². The van der Waals surface area contributed by atoms with Crippen LogP contribution in [0.25, 0.3) is 0 Å². The van der Waals surface area contributed by atoms with Crippen molar-refractivity contribution in [2.45, 2.75) is 38.1 Å². The number of benzene rings is 1. The van der Waals surface area contributed by atoms with Gasteiger partial charge in [-0.15, -0.1) is 0 Å². The minimum Gasteiger partial charge on any atom is -0.352 e. The van der Waals surface area contributed by atoms with Gasteiger partial charge in [-0.05, 0) is 57.5 Å². The van der Waals surface area contributed by atoms with Crippen LogP contribution in [-0.4, -0.2) is 33.0 Å². The maximum absolute atomic E-state index is 12.2. The van der Waals surface area contributed by atoms with Crippen molar-refractivity contribution in [3.63, 3.8) is 0 Å². The van der Waals surface area contributed by atoms with E-state index in [9.17, 15) is 13.2 Å². The minimum absolute atomic E-state index is 0.134. The fraction of sp³-hybridized carbons (Fsp3) is 0.533. The van der Waals surface area contributed by atoms with Gasteiger partial charge in [-0.1, -0.05) is 6.92 Å². The van der Waals surface area contributed by atoms with Crippen molar-refractivity contribution in [3.8, 4) is 0 Å². The lowest BCUT2D eigenvalue weighted by Crippen LogP contribution is -2.40. The summed E-state index contributed by atoms with van der Waals surface area (Å²) in [5.74, 6) is -0.0485. The standard InChI is InChI=1S/C15H25N3O3S/c1-11(9-16)10-17-14(19)12-5-7-13(8-6-12)22(20,21)18-15(2,3)4/h5-8,11,18H,9-10,16H2,1-4H3,(H,17,19). The molecule has 0 fully saturated rings. The highest BCUT2D eigenvalue weighted by atomic mass is 32.2. The molecule has 1 atom stereocenters. The van der Waals surface area contributed by atoms with E-state index in [0.717, 1.165) is 0 Å². The lowest BCUT2D eigenvalue weighted by atomic mass is 10.1. The second-order valence-electron chi connectivity index (χ2n) is 6.43. The minimum atomic E-state index is -3.59.